The third-order valence-electron chi connectivity index (χ3n) is 14.1. The van der Waals surface area contributed by atoms with Gasteiger partial charge in [-0.2, -0.15) is 0 Å². The van der Waals surface area contributed by atoms with Gasteiger partial charge in [0.1, 0.15) is 11.4 Å². The second kappa shape index (κ2) is 15.5. The van der Waals surface area contributed by atoms with Crippen molar-refractivity contribution in [1.29, 1.82) is 0 Å². The molecule has 8 heteroatoms. The average Bonchev–Trinajstić information content (AvgIpc) is 1.89. The molecule has 346 valence electrons. The van der Waals surface area contributed by atoms with Crippen molar-refractivity contribution in [3.63, 3.8) is 0 Å². The SMILES string of the molecule is [2H]c1c([2H])c([2H])c(-c2cccc(-c3c([2H])c([2H])c([2H])c([2H])c3[2H])c2-[n+]2[c-]n(-c3cc(-n4c5cc6c(cc5n5c7ccccc7nc45)c4ccccc4n6-c4cc(C(C)(C)C)ccn4)c4oc5ccccc5c4c3)c3ccccc32)c([2H])c1[2H]. The van der Waals surface area contributed by atoms with Gasteiger partial charge < -0.3 is 4.42 Å². The molecule has 0 radical (unpaired) electrons. The van der Waals surface area contributed by atoms with Gasteiger partial charge in [0, 0.05) is 27.7 Å². The van der Waals surface area contributed by atoms with E-state index in [4.69, 9.17) is 22.6 Å². The van der Waals surface area contributed by atoms with Crippen LogP contribution >= 0.6 is 0 Å². The molecule has 6 heterocycles. The molecule has 0 saturated carbocycles. The summed E-state index contributed by atoms with van der Waals surface area (Å²) in [5.74, 6) is 1.41. The van der Waals surface area contributed by atoms with Gasteiger partial charge in [0.25, 0.3) is 6.33 Å². The molecule has 8 nitrogen and oxygen atoms in total. The fourth-order valence-electron chi connectivity index (χ4n) is 10.8. The van der Waals surface area contributed by atoms with E-state index in [0.717, 1.165) is 66.0 Å². The summed E-state index contributed by atoms with van der Waals surface area (Å²) in [6.07, 6.45) is 5.48. The number of nitrogens with zero attached hydrogens (tertiary/aromatic N) is 7. The molecule has 0 aliphatic rings. The molecule has 6 aromatic heterocycles. The van der Waals surface area contributed by atoms with Crippen molar-refractivity contribution in [2.24, 2.45) is 0 Å². The zero-order valence-electron chi connectivity index (χ0n) is 49.5. The molecule has 0 fully saturated rings. The average molecular weight is 950 g/mol. The van der Waals surface area contributed by atoms with Crippen LogP contribution in [0.15, 0.2) is 223 Å². The molecule has 15 rings (SSSR count). The Kier molecular flexibility index (Phi) is 6.87. The lowest BCUT2D eigenvalue weighted by molar-refractivity contribution is -0.571. The minimum atomic E-state index is -0.577. The fourth-order valence-corrected chi connectivity index (χ4v) is 10.8. The second-order valence-electron chi connectivity index (χ2n) is 19.3. The third-order valence-corrected chi connectivity index (χ3v) is 14.1. The summed E-state index contributed by atoms with van der Waals surface area (Å²) in [5.41, 5.74) is 10.2. The number of hydrogen-bond donors (Lipinski definition) is 0. The van der Waals surface area contributed by atoms with Crippen molar-refractivity contribution in [2.45, 2.75) is 26.2 Å². The van der Waals surface area contributed by atoms with Crippen LogP contribution < -0.4 is 4.57 Å². The largest absolute Gasteiger partial charge is 0.454 e. The van der Waals surface area contributed by atoms with Crippen LogP contribution in [0.5, 0.6) is 0 Å². The van der Waals surface area contributed by atoms with Crippen molar-refractivity contribution < 1.29 is 22.7 Å². The standard InChI is InChI=1S/C65H45N7O/c1-65(2,3)43-33-34-66-61(35-43)70-52-28-13-10-23-47(52)49-38-57-58(39-56(49)70)72(64-67-51-27-12-14-29-53(51)71(57)64)59-37-44(36-50-48-24-11-17-32-60(48)73-63(50)59)68-40-69(55-31-16-15-30-54(55)68)62-45(41-19-6-4-7-20-41)25-18-26-46(62)42-21-8-5-9-22-42/h4-39H,1-3H3/i4D,5D,6D,7D,8D,9D,19D,20D,21D,22D. The van der Waals surface area contributed by atoms with Gasteiger partial charge in [-0.1, -0.05) is 172 Å². The molecule has 0 unspecified atom stereocenters. The number of para-hydroxylation sites is 7. The van der Waals surface area contributed by atoms with E-state index in [9.17, 15) is 5.48 Å². The molecule has 0 saturated heterocycles. The Morgan fingerprint density at radius 2 is 1.25 bits per heavy atom. The first-order valence-corrected chi connectivity index (χ1v) is 24.0. The Morgan fingerprint density at radius 1 is 0.562 bits per heavy atom. The van der Waals surface area contributed by atoms with Crippen molar-refractivity contribution in [2.75, 3.05) is 0 Å². The predicted molar refractivity (Wildman–Crippen MR) is 296 cm³/mol. The van der Waals surface area contributed by atoms with Gasteiger partial charge >= 0.3 is 0 Å². The molecule has 0 amide bonds. The number of rotatable bonds is 6. The number of fused-ring (bicyclic) bond motifs is 12. The number of benzene rings is 9. The van der Waals surface area contributed by atoms with E-state index in [-0.39, 0.29) is 33.4 Å². The minimum absolute atomic E-state index is 0.143. The first-order valence-electron chi connectivity index (χ1n) is 29.0. The number of furan rings is 1. The van der Waals surface area contributed by atoms with E-state index in [1.54, 1.807) is 22.8 Å². The lowest BCUT2D eigenvalue weighted by atomic mass is 9.88. The summed E-state index contributed by atoms with van der Waals surface area (Å²) in [6.45, 7) is 6.59. The molecular formula is C65H45N7O. The molecule has 0 spiro atoms. The van der Waals surface area contributed by atoms with Crippen LogP contribution in [0.1, 0.15) is 40.0 Å². The highest BCUT2D eigenvalue weighted by Crippen LogP contribution is 2.42. The quantitative estimate of drug-likeness (QED) is 0.123. The molecule has 0 aliphatic carbocycles. The first-order chi connectivity index (χ1) is 40.0. The number of aromatic nitrogens is 7. The molecular weight excluding hydrogens is 895 g/mol. The Balaban J connectivity index is 1.07. The van der Waals surface area contributed by atoms with Crippen molar-refractivity contribution >= 4 is 82.6 Å². The minimum Gasteiger partial charge on any atom is -0.454 e. The molecule has 0 atom stereocenters. The van der Waals surface area contributed by atoms with Gasteiger partial charge in [-0.25, -0.2) is 9.97 Å². The van der Waals surface area contributed by atoms with Crippen LogP contribution in [0.2, 0.25) is 0 Å². The van der Waals surface area contributed by atoms with Crippen molar-refractivity contribution in [1.82, 2.24) is 28.1 Å². The van der Waals surface area contributed by atoms with E-state index >= 15 is 0 Å². The topological polar surface area (TPSA) is 62.0 Å². The molecule has 73 heavy (non-hydrogen) atoms. The summed E-state index contributed by atoms with van der Waals surface area (Å²) >= 11 is 0. The molecule has 0 bridgehead atoms. The summed E-state index contributed by atoms with van der Waals surface area (Å²) in [6, 6.07) is 44.0. The number of imidazole rings is 3. The summed E-state index contributed by atoms with van der Waals surface area (Å²) in [7, 11) is 0. The van der Waals surface area contributed by atoms with Gasteiger partial charge in [0.05, 0.1) is 74.9 Å². The lowest BCUT2D eigenvalue weighted by Crippen LogP contribution is -2.31. The predicted octanol–water partition coefficient (Wildman–Crippen LogP) is 15.5. The van der Waals surface area contributed by atoms with E-state index in [0.29, 0.717) is 39.4 Å². The van der Waals surface area contributed by atoms with Gasteiger partial charge in [0.2, 0.25) is 5.78 Å². The van der Waals surface area contributed by atoms with Crippen LogP contribution in [0.25, 0.3) is 128 Å². The van der Waals surface area contributed by atoms with Crippen LogP contribution in [-0.4, -0.2) is 28.1 Å². The van der Waals surface area contributed by atoms with Gasteiger partial charge in [0.15, 0.2) is 5.58 Å². The monoisotopic (exact) mass is 949 g/mol. The molecule has 9 aromatic carbocycles. The van der Waals surface area contributed by atoms with Crippen LogP contribution in [0.4, 0.5) is 0 Å². The zero-order chi connectivity index (χ0) is 57.2. The maximum atomic E-state index is 9.24. The van der Waals surface area contributed by atoms with Crippen LogP contribution in [-0.2, 0) is 5.41 Å². The highest BCUT2D eigenvalue weighted by molar-refractivity contribution is 6.15. The summed E-state index contributed by atoms with van der Waals surface area (Å²) < 4.78 is 106. The molecule has 0 aliphatic heterocycles. The van der Waals surface area contributed by atoms with Crippen LogP contribution in [0.3, 0.4) is 0 Å². The number of hydrogen-bond acceptors (Lipinski definition) is 3. The summed E-state index contributed by atoms with van der Waals surface area (Å²) in [4.78, 5) is 10.4. The fraction of sp³-hybridized carbons (Fsp3) is 0.0615. The Bertz CT molecular complexity index is 5210. The maximum Gasteiger partial charge on any atom is 0.269 e. The van der Waals surface area contributed by atoms with Crippen molar-refractivity contribution in [3.05, 3.63) is 230 Å². The zero-order valence-corrected chi connectivity index (χ0v) is 39.5. The van der Waals surface area contributed by atoms with Crippen molar-refractivity contribution in [3.8, 4) is 45.1 Å². The molecule has 0 N–H and O–H groups in total. The Morgan fingerprint density at radius 3 is 2.01 bits per heavy atom. The first kappa shape index (κ1) is 32.4. The Labute approximate surface area is 433 Å². The van der Waals surface area contributed by atoms with Crippen LogP contribution in [0, 0.1) is 6.33 Å². The third kappa shape index (κ3) is 6.17. The highest BCUT2D eigenvalue weighted by Gasteiger charge is 2.27. The van der Waals surface area contributed by atoms with E-state index < -0.39 is 60.4 Å². The van der Waals surface area contributed by atoms with E-state index in [1.165, 1.54) is 0 Å². The van der Waals surface area contributed by atoms with Gasteiger partial charge in [-0.15, -0.1) is 0 Å². The van der Waals surface area contributed by atoms with Gasteiger partial charge in [-0.3, -0.25) is 22.7 Å². The second-order valence-corrected chi connectivity index (χ2v) is 19.3. The van der Waals surface area contributed by atoms with Gasteiger partial charge in [-0.05, 0) is 93.9 Å². The molecule has 15 aromatic rings. The summed E-state index contributed by atoms with van der Waals surface area (Å²) in [5, 5.41) is 3.71. The maximum absolute atomic E-state index is 9.24. The van der Waals surface area contributed by atoms with E-state index in [2.05, 4.69) is 89.2 Å². The normalized spacial score (nSPS) is 14.2. The van der Waals surface area contributed by atoms with E-state index in [1.807, 2.05) is 95.7 Å². The smallest absolute Gasteiger partial charge is 0.269 e. The highest BCUT2D eigenvalue weighted by atomic mass is 16.3. The number of pyridine rings is 1. The lowest BCUT2D eigenvalue weighted by Gasteiger charge is -2.20. The Hall–Kier alpha value is -9.53.